The Balaban J connectivity index is 1.56. The average Bonchev–Trinajstić information content (AvgIpc) is 2.96. The van der Waals surface area contributed by atoms with Gasteiger partial charge < -0.3 is 19.6 Å². The Hall–Kier alpha value is -0.840. The monoisotopic (exact) mass is 267 g/mol. The van der Waals surface area contributed by atoms with Crippen molar-refractivity contribution in [1.29, 1.82) is 0 Å². The molecule has 1 aromatic rings. The molecule has 0 aromatic carbocycles. The first-order valence-electron chi connectivity index (χ1n) is 7.07. The summed E-state index contributed by atoms with van der Waals surface area (Å²) in [7, 11) is 0. The number of ether oxygens (including phenoxy) is 1. The molecule has 2 rings (SSSR count). The molecule has 2 unspecified atom stereocenters. The summed E-state index contributed by atoms with van der Waals surface area (Å²) in [5.41, 5.74) is 0.443. The third-order valence-electron chi connectivity index (χ3n) is 3.75. The Bertz CT molecular complexity index is 361. The van der Waals surface area contributed by atoms with Crippen molar-refractivity contribution < 1.29 is 14.3 Å². The largest absolute Gasteiger partial charge is 0.467 e. The van der Waals surface area contributed by atoms with Gasteiger partial charge in [0.2, 0.25) is 0 Å². The molecule has 1 saturated carbocycles. The van der Waals surface area contributed by atoms with Gasteiger partial charge in [0, 0.05) is 12.6 Å². The van der Waals surface area contributed by atoms with Crippen LogP contribution in [0.25, 0.3) is 0 Å². The minimum absolute atomic E-state index is 0.337. The molecule has 1 aliphatic rings. The lowest BCUT2D eigenvalue weighted by Crippen LogP contribution is -2.36. The highest BCUT2D eigenvalue weighted by Gasteiger charge is 2.30. The van der Waals surface area contributed by atoms with Crippen LogP contribution < -0.4 is 5.32 Å². The lowest BCUT2D eigenvalue weighted by atomic mass is 9.92. The number of rotatable bonds is 7. The van der Waals surface area contributed by atoms with E-state index in [9.17, 15) is 5.11 Å². The van der Waals surface area contributed by atoms with Crippen molar-refractivity contribution in [2.45, 2.75) is 51.9 Å². The summed E-state index contributed by atoms with van der Waals surface area (Å²) in [4.78, 5) is 0. The molecule has 1 heterocycles. The first kappa shape index (κ1) is 14.6. The molecule has 0 amide bonds. The fourth-order valence-corrected chi connectivity index (χ4v) is 2.66. The molecule has 0 spiro atoms. The second-order valence-electron chi connectivity index (χ2n) is 6.26. The molecule has 4 heteroatoms. The first-order chi connectivity index (χ1) is 9.05. The normalized spacial score (nSPS) is 23.6. The van der Waals surface area contributed by atoms with E-state index in [0.717, 1.165) is 5.76 Å². The van der Waals surface area contributed by atoms with Crippen LogP contribution in [0, 0.1) is 5.41 Å². The summed E-state index contributed by atoms with van der Waals surface area (Å²) >= 11 is 0. The third-order valence-corrected chi connectivity index (χ3v) is 3.75. The van der Waals surface area contributed by atoms with Crippen LogP contribution in [0.5, 0.6) is 0 Å². The van der Waals surface area contributed by atoms with Gasteiger partial charge in [0.15, 0.2) is 0 Å². The molecular formula is C15H25NO3. The summed E-state index contributed by atoms with van der Waals surface area (Å²) < 4.78 is 10.6. The minimum Gasteiger partial charge on any atom is -0.467 e. The van der Waals surface area contributed by atoms with Crippen molar-refractivity contribution in [2.75, 3.05) is 13.2 Å². The van der Waals surface area contributed by atoms with Crippen molar-refractivity contribution in [2.24, 2.45) is 5.41 Å². The molecule has 0 radical (unpaired) electrons. The molecule has 0 saturated heterocycles. The van der Waals surface area contributed by atoms with E-state index in [2.05, 4.69) is 19.2 Å². The van der Waals surface area contributed by atoms with E-state index in [-0.39, 0.29) is 0 Å². The van der Waals surface area contributed by atoms with Gasteiger partial charge in [0.1, 0.15) is 12.4 Å². The molecular weight excluding hydrogens is 242 g/mol. The van der Waals surface area contributed by atoms with E-state index < -0.39 is 6.10 Å². The maximum absolute atomic E-state index is 9.85. The minimum atomic E-state index is -0.460. The summed E-state index contributed by atoms with van der Waals surface area (Å²) in [5.74, 6) is 0.790. The Morgan fingerprint density at radius 1 is 1.58 bits per heavy atom. The summed E-state index contributed by atoms with van der Waals surface area (Å²) in [6.07, 6.45) is 4.81. The molecule has 1 fully saturated rings. The number of aliphatic hydroxyl groups is 1. The number of aliphatic hydroxyl groups excluding tert-OH is 1. The molecule has 2 atom stereocenters. The standard InChI is InChI=1S/C15H25NO3/c1-15(2)6-5-12(8-15)16-9-13(17)10-18-11-14-4-3-7-19-14/h3-4,7,12-13,16-17H,5-6,8-11H2,1-2H3. The quantitative estimate of drug-likeness (QED) is 0.796. The van der Waals surface area contributed by atoms with Crippen molar-refractivity contribution in [1.82, 2.24) is 5.32 Å². The van der Waals surface area contributed by atoms with Gasteiger partial charge in [0.05, 0.1) is 19.0 Å². The molecule has 19 heavy (non-hydrogen) atoms. The molecule has 0 bridgehead atoms. The zero-order chi connectivity index (χ0) is 13.7. The van der Waals surface area contributed by atoms with E-state index in [4.69, 9.17) is 9.15 Å². The van der Waals surface area contributed by atoms with E-state index in [1.54, 1.807) is 6.26 Å². The Labute approximate surface area is 115 Å². The van der Waals surface area contributed by atoms with Crippen LogP contribution in [0.4, 0.5) is 0 Å². The molecule has 1 aromatic heterocycles. The predicted molar refractivity (Wildman–Crippen MR) is 73.8 cm³/mol. The lowest BCUT2D eigenvalue weighted by molar-refractivity contribution is 0.0215. The Morgan fingerprint density at radius 2 is 2.42 bits per heavy atom. The first-order valence-corrected chi connectivity index (χ1v) is 7.07. The number of hydrogen-bond acceptors (Lipinski definition) is 4. The molecule has 4 nitrogen and oxygen atoms in total. The summed E-state index contributed by atoms with van der Waals surface area (Å²) in [6, 6.07) is 4.23. The highest BCUT2D eigenvalue weighted by atomic mass is 16.5. The summed E-state index contributed by atoms with van der Waals surface area (Å²) in [6.45, 7) is 5.96. The van der Waals surface area contributed by atoms with Gasteiger partial charge >= 0.3 is 0 Å². The van der Waals surface area contributed by atoms with Gasteiger partial charge in [-0.25, -0.2) is 0 Å². The van der Waals surface area contributed by atoms with Crippen LogP contribution in [-0.4, -0.2) is 30.4 Å². The third kappa shape index (κ3) is 4.97. The van der Waals surface area contributed by atoms with Crippen LogP contribution >= 0.6 is 0 Å². The zero-order valence-electron chi connectivity index (χ0n) is 11.9. The SMILES string of the molecule is CC1(C)CCC(NCC(O)COCc2ccco2)C1. The zero-order valence-corrected chi connectivity index (χ0v) is 11.9. The van der Waals surface area contributed by atoms with E-state index >= 15 is 0 Å². The van der Waals surface area contributed by atoms with Crippen LogP contribution in [0.3, 0.4) is 0 Å². The van der Waals surface area contributed by atoms with Crippen LogP contribution in [0.15, 0.2) is 22.8 Å². The van der Waals surface area contributed by atoms with Gasteiger partial charge in [-0.05, 0) is 36.8 Å². The fraction of sp³-hybridized carbons (Fsp3) is 0.733. The second kappa shape index (κ2) is 6.55. The van der Waals surface area contributed by atoms with E-state index in [1.165, 1.54) is 19.3 Å². The van der Waals surface area contributed by atoms with Crippen molar-refractivity contribution in [3.05, 3.63) is 24.2 Å². The van der Waals surface area contributed by atoms with Gasteiger partial charge in [0.25, 0.3) is 0 Å². The van der Waals surface area contributed by atoms with Crippen molar-refractivity contribution in [3.8, 4) is 0 Å². The Kier molecular flexibility index (Phi) is 5.02. The van der Waals surface area contributed by atoms with E-state index in [1.807, 2.05) is 12.1 Å². The summed E-state index contributed by atoms with van der Waals surface area (Å²) in [5, 5.41) is 13.3. The van der Waals surface area contributed by atoms with E-state index in [0.29, 0.717) is 31.2 Å². The topological polar surface area (TPSA) is 54.6 Å². The Morgan fingerprint density at radius 3 is 3.05 bits per heavy atom. The molecule has 2 N–H and O–H groups in total. The van der Waals surface area contributed by atoms with Crippen LogP contribution in [-0.2, 0) is 11.3 Å². The maximum Gasteiger partial charge on any atom is 0.129 e. The van der Waals surface area contributed by atoms with Crippen LogP contribution in [0.2, 0.25) is 0 Å². The predicted octanol–water partition coefficient (Wildman–Crippen LogP) is 2.33. The second-order valence-corrected chi connectivity index (χ2v) is 6.26. The van der Waals surface area contributed by atoms with Gasteiger partial charge in [-0.2, -0.15) is 0 Å². The lowest BCUT2D eigenvalue weighted by Gasteiger charge is -2.19. The fourth-order valence-electron chi connectivity index (χ4n) is 2.66. The molecule has 108 valence electrons. The number of hydrogen-bond donors (Lipinski definition) is 2. The molecule has 0 aliphatic heterocycles. The molecule has 1 aliphatic carbocycles. The highest BCUT2D eigenvalue weighted by molar-refractivity contribution is 4.96. The van der Waals surface area contributed by atoms with Crippen molar-refractivity contribution in [3.63, 3.8) is 0 Å². The van der Waals surface area contributed by atoms with Gasteiger partial charge in [-0.3, -0.25) is 0 Å². The number of nitrogens with one attached hydrogen (secondary N) is 1. The van der Waals surface area contributed by atoms with Crippen LogP contribution in [0.1, 0.15) is 38.9 Å². The average molecular weight is 267 g/mol. The highest BCUT2D eigenvalue weighted by Crippen LogP contribution is 2.36. The maximum atomic E-state index is 9.85. The smallest absolute Gasteiger partial charge is 0.129 e. The number of furan rings is 1. The van der Waals surface area contributed by atoms with Crippen molar-refractivity contribution >= 4 is 0 Å². The van der Waals surface area contributed by atoms with Gasteiger partial charge in [-0.15, -0.1) is 0 Å². The van der Waals surface area contributed by atoms with Gasteiger partial charge in [-0.1, -0.05) is 13.8 Å².